The van der Waals surface area contributed by atoms with E-state index in [-0.39, 0.29) is 24.6 Å². The largest absolute Gasteiger partial charge is 0.388 e. The molecule has 2 rings (SSSR count). The van der Waals surface area contributed by atoms with Gasteiger partial charge in [0.1, 0.15) is 6.61 Å². The van der Waals surface area contributed by atoms with Gasteiger partial charge in [-0.1, -0.05) is 0 Å². The Kier molecular flexibility index (Phi) is 3.42. The van der Waals surface area contributed by atoms with E-state index in [1.54, 1.807) is 6.20 Å². The van der Waals surface area contributed by atoms with Crippen LogP contribution in [0.3, 0.4) is 0 Å². The molecule has 1 saturated carbocycles. The summed E-state index contributed by atoms with van der Waals surface area (Å²) in [4.78, 5) is 8.11. The van der Waals surface area contributed by atoms with Crippen molar-refractivity contribution in [3.63, 3.8) is 0 Å². The molecule has 0 atom stereocenters. The highest BCUT2D eigenvalue weighted by molar-refractivity contribution is 5.85. The molecular weight excluding hydrogens is 202 g/mol. The number of hydrogen-bond acceptors (Lipinski definition) is 4. The van der Waals surface area contributed by atoms with Crippen LogP contribution in [-0.4, -0.2) is 15.1 Å². The Labute approximate surface area is 89.0 Å². The third-order valence-corrected chi connectivity index (χ3v) is 2.60. The highest BCUT2D eigenvalue weighted by Gasteiger charge is 2.35. The Hall–Kier alpha value is -0.710. The molecule has 1 heterocycles. The highest BCUT2D eigenvalue weighted by Crippen LogP contribution is 2.37. The van der Waals surface area contributed by atoms with Crippen LogP contribution in [0.2, 0.25) is 0 Å². The predicted octanol–water partition coefficient (Wildman–Crippen LogP) is 0.729. The molecule has 0 aromatic carbocycles. The van der Waals surface area contributed by atoms with Gasteiger partial charge in [-0.15, -0.1) is 12.4 Å². The van der Waals surface area contributed by atoms with Crippen LogP contribution in [0.1, 0.15) is 30.8 Å². The zero-order valence-corrected chi connectivity index (χ0v) is 8.63. The van der Waals surface area contributed by atoms with Gasteiger partial charge in [0, 0.05) is 6.20 Å². The topological polar surface area (TPSA) is 72.0 Å². The van der Waals surface area contributed by atoms with Crippen LogP contribution >= 0.6 is 12.4 Å². The fraction of sp³-hybridized carbons (Fsp3) is 0.556. The van der Waals surface area contributed by atoms with Crippen molar-refractivity contribution in [2.75, 3.05) is 0 Å². The number of aromatic nitrogens is 2. The van der Waals surface area contributed by atoms with Gasteiger partial charge < -0.3 is 10.8 Å². The number of aliphatic hydroxyl groups excluding tert-OH is 1. The van der Waals surface area contributed by atoms with Crippen molar-refractivity contribution in [3.05, 3.63) is 23.8 Å². The lowest BCUT2D eigenvalue weighted by Crippen LogP contribution is -2.44. The molecule has 0 amide bonds. The zero-order valence-electron chi connectivity index (χ0n) is 7.81. The third kappa shape index (κ3) is 1.87. The normalized spacial score (nSPS) is 18.1. The SMILES string of the molecule is Cl.NC1(c2ccnc(CO)n2)CCC1. The first-order chi connectivity index (χ1) is 6.24. The number of hydrogen-bond donors (Lipinski definition) is 2. The van der Waals surface area contributed by atoms with E-state index in [0.717, 1.165) is 25.0 Å². The summed E-state index contributed by atoms with van der Waals surface area (Å²) in [7, 11) is 0. The Balaban J connectivity index is 0.000000980. The average Bonchev–Trinajstić information content (AvgIpc) is 2.14. The van der Waals surface area contributed by atoms with Crippen molar-refractivity contribution in [1.82, 2.24) is 9.97 Å². The minimum Gasteiger partial charge on any atom is -0.388 e. The quantitative estimate of drug-likeness (QED) is 0.763. The smallest absolute Gasteiger partial charge is 0.153 e. The van der Waals surface area contributed by atoms with Gasteiger partial charge in [-0.05, 0) is 25.3 Å². The highest BCUT2D eigenvalue weighted by atomic mass is 35.5. The molecule has 1 aromatic rings. The molecule has 0 bridgehead atoms. The lowest BCUT2D eigenvalue weighted by Gasteiger charge is -2.37. The molecule has 14 heavy (non-hydrogen) atoms. The van der Waals surface area contributed by atoms with Crippen LogP contribution < -0.4 is 5.73 Å². The number of halogens is 1. The Morgan fingerprint density at radius 3 is 2.71 bits per heavy atom. The maximum atomic E-state index is 8.85. The van der Waals surface area contributed by atoms with Gasteiger partial charge >= 0.3 is 0 Å². The van der Waals surface area contributed by atoms with Crippen LogP contribution in [0.4, 0.5) is 0 Å². The molecule has 1 aliphatic carbocycles. The van der Waals surface area contributed by atoms with Crippen molar-refractivity contribution in [2.45, 2.75) is 31.4 Å². The molecule has 0 aliphatic heterocycles. The first kappa shape index (κ1) is 11.4. The minimum absolute atomic E-state index is 0. The van der Waals surface area contributed by atoms with E-state index in [4.69, 9.17) is 10.8 Å². The van der Waals surface area contributed by atoms with Gasteiger partial charge in [0.25, 0.3) is 0 Å². The molecule has 78 valence electrons. The van der Waals surface area contributed by atoms with Crippen LogP contribution in [0.5, 0.6) is 0 Å². The summed E-state index contributed by atoms with van der Waals surface area (Å²) in [6.45, 7) is -0.121. The lowest BCUT2D eigenvalue weighted by atomic mass is 9.75. The molecule has 0 radical (unpaired) electrons. The molecule has 3 N–H and O–H groups in total. The minimum atomic E-state index is -0.257. The van der Waals surface area contributed by atoms with Crippen LogP contribution in [0.25, 0.3) is 0 Å². The Morgan fingerprint density at radius 2 is 2.21 bits per heavy atom. The van der Waals surface area contributed by atoms with Crippen LogP contribution in [0, 0.1) is 0 Å². The maximum absolute atomic E-state index is 8.85. The summed E-state index contributed by atoms with van der Waals surface area (Å²) in [5.74, 6) is 0.453. The molecule has 0 unspecified atom stereocenters. The van der Waals surface area contributed by atoms with Crippen molar-refractivity contribution < 1.29 is 5.11 Å². The molecule has 4 nitrogen and oxygen atoms in total. The maximum Gasteiger partial charge on any atom is 0.153 e. The van der Waals surface area contributed by atoms with E-state index in [1.165, 1.54) is 0 Å². The van der Waals surface area contributed by atoms with E-state index >= 15 is 0 Å². The second-order valence-corrected chi connectivity index (χ2v) is 3.53. The molecule has 1 fully saturated rings. The molecule has 1 aromatic heterocycles. The summed E-state index contributed by atoms with van der Waals surface area (Å²) in [6, 6.07) is 1.83. The van der Waals surface area contributed by atoms with Gasteiger partial charge in [0.2, 0.25) is 0 Å². The molecule has 0 spiro atoms. The summed E-state index contributed by atoms with van der Waals surface area (Å²) >= 11 is 0. The number of rotatable bonds is 2. The van der Waals surface area contributed by atoms with Gasteiger partial charge in [-0.25, -0.2) is 9.97 Å². The van der Waals surface area contributed by atoms with Crippen LogP contribution in [0.15, 0.2) is 12.3 Å². The van der Waals surface area contributed by atoms with Gasteiger partial charge in [0.05, 0.1) is 11.2 Å². The van der Waals surface area contributed by atoms with Crippen molar-refractivity contribution in [1.29, 1.82) is 0 Å². The van der Waals surface area contributed by atoms with E-state index in [0.29, 0.717) is 5.82 Å². The van der Waals surface area contributed by atoms with Crippen LogP contribution in [-0.2, 0) is 12.1 Å². The van der Waals surface area contributed by atoms with Crippen molar-refractivity contribution in [2.24, 2.45) is 5.73 Å². The van der Waals surface area contributed by atoms with E-state index in [1.807, 2.05) is 6.07 Å². The summed E-state index contributed by atoms with van der Waals surface area (Å²) in [5.41, 5.74) is 6.68. The molecular formula is C9H14ClN3O. The standard InChI is InChI=1S/C9H13N3O.ClH/c10-9(3-1-4-9)7-2-5-11-8(6-13)12-7;/h2,5,13H,1,3-4,6,10H2;1H. The predicted molar refractivity (Wildman–Crippen MR) is 54.9 cm³/mol. The summed E-state index contributed by atoms with van der Waals surface area (Å²) in [5, 5.41) is 8.85. The number of aliphatic hydroxyl groups is 1. The first-order valence-corrected chi connectivity index (χ1v) is 4.47. The van der Waals surface area contributed by atoms with E-state index in [2.05, 4.69) is 9.97 Å². The fourth-order valence-electron chi connectivity index (χ4n) is 1.57. The van der Waals surface area contributed by atoms with Gasteiger partial charge in [-0.2, -0.15) is 0 Å². The monoisotopic (exact) mass is 215 g/mol. The Bertz CT molecular complexity index is 315. The van der Waals surface area contributed by atoms with E-state index < -0.39 is 0 Å². The zero-order chi connectivity index (χ0) is 9.31. The molecule has 5 heteroatoms. The second kappa shape index (κ2) is 4.21. The fourth-order valence-corrected chi connectivity index (χ4v) is 1.57. The van der Waals surface area contributed by atoms with Gasteiger partial charge in [-0.3, -0.25) is 0 Å². The van der Waals surface area contributed by atoms with Gasteiger partial charge in [0.15, 0.2) is 5.82 Å². The first-order valence-electron chi connectivity index (χ1n) is 4.47. The number of nitrogens with zero attached hydrogens (tertiary/aromatic N) is 2. The number of nitrogens with two attached hydrogens (primary N) is 1. The summed E-state index contributed by atoms with van der Waals surface area (Å²) < 4.78 is 0. The van der Waals surface area contributed by atoms with E-state index in [9.17, 15) is 0 Å². The molecule has 0 saturated heterocycles. The van der Waals surface area contributed by atoms with Crippen molar-refractivity contribution >= 4 is 12.4 Å². The van der Waals surface area contributed by atoms with Crippen molar-refractivity contribution in [3.8, 4) is 0 Å². The molecule has 1 aliphatic rings. The summed E-state index contributed by atoms with van der Waals surface area (Å²) in [6.07, 6.45) is 4.78. The second-order valence-electron chi connectivity index (χ2n) is 3.53. The Morgan fingerprint density at radius 1 is 1.50 bits per heavy atom. The average molecular weight is 216 g/mol. The third-order valence-electron chi connectivity index (χ3n) is 2.60. The lowest BCUT2D eigenvalue weighted by molar-refractivity contribution is 0.239.